The van der Waals surface area contributed by atoms with Crippen molar-refractivity contribution in [1.29, 1.82) is 0 Å². The summed E-state index contributed by atoms with van der Waals surface area (Å²) in [5.74, 6) is 0.0259. The fourth-order valence-corrected chi connectivity index (χ4v) is 2.83. The van der Waals surface area contributed by atoms with Crippen LogP contribution in [-0.2, 0) is 6.54 Å². The van der Waals surface area contributed by atoms with E-state index in [1.54, 1.807) is 0 Å². The van der Waals surface area contributed by atoms with Crippen molar-refractivity contribution < 1.29 is 4.79 Å². The molecule has 0 heterocycles. The molecule has 2 rings (SSSR count). The molecule has 1 saturated carbocycles. The third-order valence-electron chi connectivity index (χ3n) is 4.16. The number of benzene rings is 1. The average molecular weight is 275 g/mol. The predicted molar refractivity (Wildman–Crippen MR) is 81.5 cm³/mol. The molecule has 1 amide bonds. The van der Waals surface area contributed by atoms with E-state index < -0.39 is 0 Å². The molecule has 1 aromatic rings. The van der Waals surface area contributed by atoms with Crippen LogP contribution in [0.15, 0.2) is 24.3 Å². The Kier molecular flexibility index (Phi) is 5.15. The van der Waals surface area contributed by atoms with E-state index in [-0.39, 0.29) is 11.9 Å². The molecule has 3 N–H and O–H groups in total. The molecule has 110 valence electrons. The number of nitrogens with one attached hydrogen (secondary N) is 1. The molecule has 2 atom stereocenters. The van der Waals surface area contributed by atoms with Crippen LogP contribution in [0.1, 0.15) is 41.6 Å². The van der Waals surface area contributed by atoms with E-state index >= 15 is 0 Å². The number of carbonyl (C=O) groups excluding carboxylic acids is 1. The second kappa shape index (κ2) is 6.86. The molecular weight excluding hydrogens is 250 g/mol. The maximum atomic E-state index is 12.2. The quantitative estimate of drug-likeness (QED) is 0.880. The van der Waals surface area contributed by atoms with E-state index in [0.717, 1.165) is 18.4 Å². The van der Waals surface area contributed by atoms with E-state index in [9.17, 15) is 4.79 Å². The van der Waals surface area contributed by atoms with Crippen molar-refractivity contribution in [2.75, 3.05) is 14.1 Å². The van der Waals surface area contributed by atoms with Gasteiger partial charge in [0.05, 0.1) is 0 Å². The summed E-state index contributed by atoms with van der Waals surface area (Å²) in [7, 11) is 4.22. The number of nitrogens with zero attached hydrogens (tertiary/aromatic N) is 1. The molecule has 0 radical (unpaired) electrons. The van der Waals surface area contributed by atoms with Gasteiger partial charge in [-0.05, 0) is 57.5 Å². The Labute approximate surface area is 121 Å². The zero-order valence-corrected chi connectivity index (χ0v) is 12.4. The van der Waals surface area contributed by atoms with Crippen LogP contribution in [0.3, 0.4) is 0 Å². The normalized spacial score (nSPS) is 22.8. The van der Waals surface area contributed by atoms with Gasteiger partial charge in [-0.2, -0.15) is 0 Å². The molecule has 4 heteroatoms. The van der Waals surface area contributed by atoms with Crippen LogP contribution >= 0.6 is 0 Å². The molecule has 0 bridgehead atoms. The van der Waals surface area contributed by atoms with E-state index in [1.165, 1.54) is 12.8 Å². The average Bonchev–Trinajstić information content (AvgIpc) is 2.47. The first kappa shape index (κ1) is 15.0. The predicted octanol–water partition coefficient (Wildman–Crippen LogP) is 1.75. The van der Waals surface area contributed by atoms with Crippen molar-refractivity contribution in [2.24, 2.45) is 5.73 Å². The van der Waals surface area contributed by atoms with E-state index in [1.807, 2.05) is 24.3 Å². The smallest absolute Gasteiger partial charge is 0.251 e. The highest BCUT2D eigenvalue weighted by Gasteiger charge is 2.24. The Hall–Kier alpha value is -1.39. The molecule has 1 aromatic carbocycles. The fourth-order valence-electron chi connectivity index (χ4n) is 2.83. The highest BCUT2D eigenvalue weighted by molar-refractivity contribution is 5.94. The van der Waals surface area contributed by atoms with Crippen LogP contribution in [0.25, 0.3) is 0 Å². The van der Waals surface area contributed by atoms with Crippen LogP contribution in [0, 0.1) is 0 Å². The van der Waals surface area contributed by atoms with Crippen molar-refractivity contribution in [2.45, 2.75) is 44.3 Å². The number of amides is 1. The highest BCUT2D eigenvalue weighted by Crippen LogP contribution is 2.21. The lowest BCUT2D eigenvalue weighted by atomic mass is 9.90. The number of rotatable bonds is 4. The SMILES string of the molecule is CN(C)C1CCCC(NC(=O)c2ccc(CN)cc2)C1. The molecule has 20 heavy (non-hydrogen) atoms. The Morgan fingerprint density at radius 1 is 1.30 bits per heavy atom. The number of nitrogens with two attached hydrogens (primary N) is 1. The summed E-state index contributed by atoms with van der Waals surface area (Å²) >= 11 is 0. The third kappa shape index (κ3) is 3.81. The number of hydrogen-bond donors (Lipinski definition) is 2. The van der Waals surface area contributed by atoms with Gasteiger partial charge in [0.2, 0.25) is 0 Å². The van der Waals surface area contributed by atoms with Gasteiger partial charge in [0.15, 0.2) is 0 Å². The first-order chi connectivity index (χ1) is 9.60. The topological polar surface area (TPSA) is 58.4 Å². The standard InChI is InChI=1S/C16H25N3O/c1-19(2)15-5-3-4-14(10-15)18-16(20)13-8-6-12(11-17)7-9-13/h6-9,14-15H,3-5,10-11,17H2,1-2H3,(H,18,20). The fraction of sp³-hybridized carbons (Fsp3) is 0.562. The van der Waals surface area contributed by atoms with Gasteiger partial charge in [0.25, 0.3) is 5.91 Å². The Balaban J connectivity index is 1.93. The van der Waals surface area contributed by atoms with Gasteiger partial charge in [-0.1, -0.05) is 12.1 Å². The lowest BCUT2D eigenvalue weighted by Crippen LogP contribution is -2.43. The molecular formula is C16H25N3O. The summed E-state index contributed by atoms with van der Waals surface area (Å²) < 4.78 is 0. The van der Waals surface area contributed by atoms with Crippen molar-refractivity contribution in [3.8, 4) is 0 Å². The first-order valence-electron chi connectivity index (χ1n) is 7.36. The van der Waals surface area contributed by atoms with Crippen LogP contribution in [0.5, 0.6) is 0 Å². The second-order valence-electron chi connectivity index (χ2n) is 5.86. The molecule has 0 aliphatic heterocycles. The van der Waals surface area contributed by atoms with Crippen LogP contribution in [0.2, 0.25) is 0 Å². The van der Waals surface area contributed by atoms with E-state index in [4.69, 9.17) is 5.73 Å². The number of carbonyl (C=O) groups is 1. The molecule has 4 nitrogen and oxygen atoms in total. The summed E-state index contributed by atoms with van der Waals surface area (Å²) in [5, 5.41) is 3.16. The lowest BCUT2D eigenvalue weighted by Gasteiger charge is -2.33. The van der Waals surface area contributed by atoms with Crippen LogP contribution in [0.4, 0.5) is 0 Å². The first-order valence-corrected chi connectivity index (χ1v) is 7.36. The summed E-state index contributed by atoms with van der Waals surface area (Å²) in [4.78, 5) is 14.5. The third-order valence-corrected chi connectivity index (χ3v) is 4.16. The molecule has 1 aliphatic rings. The molecule has 0 spiro atoms. The Bertz CT molecular complexity index is 442. The largest absolute Gasteiger partial charge is 0.349 e. The summed E-state index contributed by atoms with van der Waals surface area (Å²) in [6, 6.07) is 8.40. The second-order valence-corrected chi connectivity index (χ2v) is 5.86. The van der Waals surface area contributed by atoms with Gasteiger partial charge in [0.1, 0.15) is 0 Å². The van der Waals surface area contributed by atoms with Gasteiger partial charge in [-0.25, -0.2) is 0 Å². The van der Waals surface area contributed by atoms with Crippen molar-refractivity contribution >= 4 is 5.91 Å². The maximum Gasteiger partial charge on any atom is 0.251 e. The van der Waals surface area contributed by atoms with E-state index in [2.05, 4.69) is 24.3 Å². The lowest BCUT2D eigenvalue weighted by molar-refractivity contribution is 0.0911. The highest BCUT2D eigenvalue weighted by atomic mass is 16.1. The zero-order valence-electron chi connectivity index (χ0n) is 12.4. The Morgan fingerprint density at radius 3 is 2.60 bits per heavy atom. The molecule has 2 unspecified atom stereocenters. The van der Waals surface area contributed by atoms with E-state index in [0.29, 0.717) is 18.2 Å². The van der Waals surface area contributed by atoms with Crippen molar-refractivity contribution in [1.82, 2.24) is 10.2 Å². The molecule has 1 aliphatic carbocycles. The summed E-state index contributed by atoms with van der Waals surface area (Å²) in [6.45, 7) is 0.509. The van der Waals surface area contributed by atoms with Gasteiger partial charge in [-0.15, -0.1) is 0 Å². The van der Waals surface area contributed by atoms with Crippen molar-refractivity contribution in [3.05, 3.63) is 35.4 Å². The van der Waals surface area contributed by atoms with Crippen molar-refractivity contribution in [3.63, 3.8) is 0 Å². The monoisotopic (exact) mass is 275 g/mol. The molecule has 1 fully saturated rings. The van der Waals surface area contributed by atoms with Gasteiger partial charge in [-0.3, -0.25) is 4.79 Å². The molecule has 0 saturated heterocycles. The Morgan fingerprint density at radius 2 is 2.00 bits per heavy atom. The van der Waals surface area contributed by atoms with Gasteiger partial charge in [0, 0.05) is 24.2 Å². The van der Waals surface area contributed by atoms with Crippen LogP contribution in [-0.4, -0.2) is 37.0 Å². The summed E-state index contributed by atoms with van der Waals surface area (Å²) in [6.07, 6.45) is 4.53. The zero-order chi connectivity index (χ0) is 14.5. The minimum Gasteiger partial charge on any atom is -0.349 e. The summed E-state index contributed by atoms with van der Waals surface area (Å²) in [5.41, 5.74) is 7.33. The van der Waals surface area contributed by atoms with Crippen LogP contribution < -0.4 is 11.1 Å². The minimum atomic E-state index is 0.0259. The molecule has 0 aromatic heterocycles. The minimum absolute atomic E-state index is 0.0259. The maximum absolute atomic E-state index is 12.2. The van der Waals surface area contributed by atoms with Gasteiger partial charge < -0.3 is 16.0 Å². The van der Waals surface area contributed by atoms with Gasteiger partial charge >= 0.3 is 0 Å². The number of hydrogen-bond acceptors (Lipinski definition) is 3.